The molecule has 1 unspecified atom stereocenters. The van der Waals surface area contributed by atoms with E-state index in [1.807, 2.05) is 11.8 Å². The van der Waals surface area contributed by atoms with E-state index in [4.69, 9.17) is 0 Å². The molecule has 0 saturated heterocycles. The molecule has 1 N–H and O–H groups in total. The van der Waals surface area contributed by atoms with Crippen molar-refractivity contribution in [3.8, 4) is 0 Å². The van der Waals surface area contributed by atoms with Gasteiger partial charge in [0, 0.05) is 20.7 Å². The highest BCUT2D eigenvalue weighted by atomic mass is 79.9. The highest BCUT2D eigenvalue weighted by Crippen LogP contribution is 2.32. The second kappa shape index (κ2) is 7.45. The molecular formula is C14H22BrNS. The molecule has 3 heteroatoms. The van der Waals surface area contributed by atoms with Crippen molar-refractivity contribution < 1.29 is 0 Å². The number of thioether (sulfide) groups is 1. The minimum absolute atomic E-state index is 0.411. The minimum Gasteiger partial charge on any atom is -0.310 e. The van der Waals surface area contributed by atoms with Crippen LogP contribution in [-0.2, 0) is 0 Å². The van der Waals surface area contributed by atoms with Crippen LogP contribution in [0.2, 0.25) is 0 Å². The lowest BCUT2D eigenvalue weighted by molar-refractivity contribution is 0.563. The molecule has 0 aliphatic carbocycles. The van der Waals surface area contributed by atoms with Gasteiger partial charge in [0.2, 0.25) is 0 Å². The first kappa shape index (κ1) is 15.1. The van der Waals surface area contributed by atoms with Crippen LogP contribution in [0.15, 0.2) is 27.6 Å². The SMILES string of the molecule is CCCNC(C)c1cc(Br)ccc1SC(C)C. The standard InChI is InChI=1S/C14H22BrNS/c1-5-8-16-11(4)13-9-12(15)6-7-14(13)17-10(2)3/h6-7,9-11,16H,5,8H2,1-4H3. The fourth-order valence-electron chi connectivity index (χ4n) is 1.69. The van der Waals surface area contributed by atoms with Crippen LogP contribution in [0.5, 0.6) is 0 Å². The fourth-order valence-corrected chi connectivity index (χ4v) is 3.09. The number of hydrogen-bond acceptors (Lipinski definition) is 2. The van der Waals surface area contributed by atoms with Gasteiger partial charge in [0.05, 0.1) is 0 Å². The second-order valence-electron chi connectivity index (χ2n) is 4.52. The van der Waals surface area contributed by atoms with E-state index < -0.39 is 0 Å². The monoisotopic (exact) mass is 315 g/mol. The van der Waals surface area contributed by atoms with Gasteiger partial charge in [-0.15, -0.1) is 11.8 Å². The van der Waals surface area contributed by atoms with E-state index in [1.165, 1.54) is 16.9 Å². The molecule has 0 saturated carbocycles. The summed E-state index contributed by atoms with van der Waals surface area (Å²) >= 11 is 5.50. The lowest BCUT2D eigenvalue weighted by atomic mass is 10.1. The van der Waals surface area contributed by atoms with Crippen molar-refractivity contribution in [2.24, 2.45) is 0 Å². The first-order valence-electron chi connectivity index (χ1n) is 6.24. The van der Waals surface area contributed by atoms with E-state index in [0.717, 1.165) is 11.0 Å². The van der Waals surface area contributed by atoms with E-state index in [1.54, 1.807) is 0 Å². The van der Waals surface area contributed by atoms with Crippen molar-refractivity contribution in [2.75, 3.05) is 6.54 Å². The summed E-state index contributed by atoms with van der Waals surface area (Å²) in [7, 11) is 0. The molecule has 0 fully saturated rings. The summed E-state index contributed by atoms with van der Waals surface area (Å²) in [4.78, 5) is 1.39. The van der Waals surface area contributed by atoms with Gasteiger partial charge in [-0.2, -0.15) is 0 Å². The number of halogens is 1. The van der Waals surface area contributed by atoms with Crippen molar-refractivity contribution in [2.45, 2.75) is 50.3 Å². The Bertz CT molecular complexity index is 352. The van der Waals surface area contributed by atoms with Crippen LogP contribution in [0.3, 0.4) is 0 Å². The van der Waals surface area contributed by atoms with Crippen LogP contribution in [0.4, 0.5) is 0 Å². The van der Waals surface area contributed by atoms with Gasteiger partial charge in [0.15, 0.2) is 0 Å². The van der Waals surface area contributed by atoms with E-state index in [-0.39, 0.29) is 0 Å². The maximum atomic E-state index is 3.56. The number of rotatable bonds is 6. The van der Waals surface area contributed by atoms with Gasteiger partial charge in [-0.3, -0.25) is 0 Å². The molecular weight excluding hydrogens is 294 g/mol. The normalized spacial score (nSPS) is 13.1. The summed E-state index contributed by atoms with van der Waals surface area (Å²) in [6.45, 7) is 9.98. The summed E-state index contributed by atoms with van der Waals surface area (Å²) in [5, 5.41) is 4.17. The van der Waals surface area contributed by atoms with E-state index >= 15 is 0 Å². The lowest BCUT2D eigenvalue weighted by Gasteiger charge is -2.19. The van der Waals surface area contributed by atoms with Crippen molar-refractivity contribution in [3.63, 3.8) is 0 Å². The smallest absolute Gasteiger partial charge is 0.0303 e. The van der Waals surface area contributed by atoms with Crippen molar-refractivity contribution >= 4 is 27.7 Å². The topological polar surface area (TPSA) is 12.0 Å². The molecule has 1 rings (SSSR count). The molecule has 1 atom stereocenters. The predicted molar refractivity (Wildman–Crippen MR) is 81.8 cm³/mol. The van der Waals surface area contributed by atoms with Crippen molar-refractivity contribution in [1.82, 2.24) is 5.32 Å². The average molecular weight is 316 g/mol. The van der Waals surface area contributed by atoms with Gasteiger partial charge in [0.1, 0.15) is 0 Å². The third kappa shape index (κ3) is 5.02. The van der Waals surface area contributed by atoms with Crippen LogP contribution in [0.1, 0.15) is 45.7 Å². The summed E-state index contributed by atoms with van der Waals surface area (Å²) in [5.74, 6) is 0. The predicted octanol–water partition coefficient (Wildman–Crippen LogP) is 5.01. The first-order valence-corrected chi connectivity index (χ1v) is 7.91. The third-order valence-corrected chi connectivity index (χ3v) is 4.09. The maximum Gasteiger partial charge on any atom is 0.0303 e. The Balaban J connectivity index is 2.89. The Morgan fingerprint density at radius 3 is 2.59 bits per heavy atom. The van der Waals surface area contributed by atoms with Gasteiger partial charge >= 0.3 is 0 Å². The van der Waals surface area contributed by atoms with E-state index in [0.29, 0.717) is 11.3 Å². The molecule has 96 valence electrons. The van der Waals surface area contributed by atoms with Gasteiger partial charge in [0.25, 0.3) is 0 Å². The van der Waals surface area contributed by atoms with Crippen LogP contribution in [-0.4, -0.2) is 11.8 Å². The van der Waals surface area contributed by atoms with Gasteiger partial charge < -0.3 is 5.32 Å². The summed E-state index contributed by atoms with van der Waals surface area (Å²) < 4.78 is 1.16. The first-order chi connectivity index (χ1) is 8.04. The Kier molecular flexibility index (Phi) is 6.60. The molecule has 1 aromatic rings. The van der Waals surface area contributed by atoms with Crippen molar-refractivity contribution in [1.29, 1.82) is 0 Å². The Morgan fingerprint density at radius 1 is 1.29 bits per heavy atom. The second-order valence-corrected chi connectivity index (χ2v) is 7.06. The van der Waals surface area contributed by atoms with Gasteiger partial charge in [-0.1, -0.05) is 36.7 Å². The summed E-state index contributed by atoms with van der Waals surface area (Å²) in [5.41, 5.74) is 1.39. The molecule has 1 aromatic carbocycles. The van der Waals surface area contributed by atoms with Crippen molar-refractivity contribution in [3.05, 3.63) is 28.2 Å². The highest BCUT2D eigenvalue weighted by molar-refractivity contribution is 9.10. The largest absolute Gasteiger partial charge is 0.310 e. The molecule has 17 heavy (non-hydrogen) atoms. The average Bonchev–Trinajstić information content (AvgIpc) is 2.27. The maximum absolute atomic E-state index is 3.56. The quantitative estimate of drug-likeness (QED) is 0.740. The zero-order chi connectivity index (χ0) is 12.8. The van der Waals surface area contributed by atoms with Gasteiger partial charge in [-0.25, -0.2) is 0 Å². The molecule has 0 spiro atoms. The number of benzene rings is 1. The van der Waals surface area contributed by atoms with Gasteiger partial charge in [-0.05, 0) is 43.7 Å². The minimum atomic E-state index is 0.411. The Hall–Kier alpha value is 0.01000. The molecule has 0 aliphatic rings. The molecule has 0 aromatic heterocycles. The van der Waals surface area contributed by atoms with Crippen LogP contribution in [0.25, 0.3) is 0 Å². The van der Waals surface area contributed by atoms with Crippen LogP contribution >= 0.6 is 27.7 Å². The Morgan fingerprint density at radius 2 is 2.00 bits per heavy atom. The van der Waals surface area contributed by atoms with E-state index in [9.17, 15) is 0 Å². The zero-order valence-corrected chi connectivity index (χ0v) is 13.5. The van der Waals surface area contributed by atoms with Crippen LogP contribution < -0.4 is 5.32 Å². The Labute approximate surface area is 118 Å². The molecule has 0 radical (unpaired) electrons. The molecule has 0 bridgehead atoms. The summed E-state index contributed by atoms with van der Waals surface area (Å²) in [6.07, 6.45) is 1.17. The fraction of sp³-hybridized carbons (Fsp3) is 0.571. The molecule has 0 heterocycles. The zero-order valence-electron chi connectivity index (χ0n) is 11.1. The molecule has 1 nitrogen and oxygen atoms in total. The highest BCUT2D eigenvalue weighted by Gasteiger charge is 2.12. The lowest BCUT2D eigenvalue weighted by Crippen LogP contribution is -2.20. The number of hydrogen-bond donors (Lipinski definition) is 1. The van der Waals surface area contributed by atoms with E-state index in [2.05, 4.69) is 67.1 Å². The third-order valence-electron chi connectivity index (χ3n) is 2.50. The molecule has 0 amide bonds. The summed E-state index contributed by atoms with van der Waals surface area (Å²) in [6, 6.07) is 6.99. The molecule has 0 aliphatic heterocycles. The number of nitrogens with one attached hydrogen (secondary N) is 1. The van der Waals surface area contributed by atoms with Crippen LogP contribution in [0, 0.1) is 0 Å².